The highest BCUT2D eigenvalue weighted by molar-refractivity contribution is 5.96. The molecule has 2 aromatic rings. The Morgan fingerprint density at radius 1 is 1.06 bits per heavy atom. The number of ether oxygens (including phenoxy) is 2. The van der Waals surface area contributed by atoms with Crippen LogP contribution in [0.5, 0.6) is 11.8 Å². The van der Waals surface area contributed by atoms with E-state index in [1.54, 1.807) is 24.5 Å². The van der Waals surface area contributed by atoms with Crippen LogP contribution in [0.25, 0.3) is 0 Å². The Balaban J connectivity index is 1.61. The third-order valence-electron chi connectivity index (χ3n) is 6.95. The van der Waals surface area contributed by atoms with Crippen LogP contribution in [0.3, 0.4) is 0 Å². The second kappa shape index (κ2) is 12.0. The fraction of sp³-hybridized carbons (Fsp3) is 0.538. The number of hydrogen-bond acceptors (Lipinski definition) is 7. The summed E-state index contributed by atoms with van der Waals surface area (Å²) in [5.74, 6) is 0.405. The number of pyridine rings is 2. The minimum absolute atomic E-state index is 0.0869. The number of fused-ring (bicyclic) bond motifs is 1. The van der Waals surface area contributed by atoms with Gasteiger partial charge in [-0.3, -0.25) is 19.5 Å². The zero-order chi connectivity index (χ0) is 24.6. The molecule has 1 N–H and O–H groups in total. The van der Waals surface area contributed by atoms with Gasteiger partial charge in [0.15, 0.2) is 0 Å². The molecule has 0 aromatic carbocycles. The lowest BCUT2D eigenvalue weighted by Crippen LogP contribution is -2.57. The molecule has 2 aromatic heterocycles. The van der Waals surface area contributed by atoms with Gasteiger partial charge in [-0.15, -0.1) is 0 Å². The normalized spacial score (nSPS) is 21.9. The van der Waals surface area contributed by atoms with Gasteiger partial charge in [0, 0.05) is 50.7 Å². The molecule has 0 saturated carbocycles. The highest BCUT2D eigenvalue weighted by Gasteiger charge is 2.39. The van der Waals surface area contributed by atoms with E-state index in [9.17, 15) is 9.59 Å². The topological polar surface area (TPSA) is 96.9 Å². The Kier molecular flexibility index (Phi) is 8.52. The molecule has 0 radical (unpaired) electrons. The van der Waals surface area contributed by atoms with Crippen LogP contribution in [0, 0.1) is 5.92 Å². The van der Waals surface area contributed by atoms with Gasteiger partial charge in [-0.05, 0) is 49.6 Å². The van der Waals surface area contributed by atoms with Gasteiger partial charge in [0.25, 0.3) is 5.91 Å². The van der Waals surface area contributed by atoms with E-state index in [1.807, 2.05) is 17.0 Å². The number of likely N-dealkylation sites (tertiary alicyclic amines) is 1. The number of nitrogens with zero attached hydrogens (tertiary/aromatic N) is 4. The quantitative estimate of drug-likeness (QED) is 0.701. The molecule has 4 heterocycles. The maximum absolute atomic E-state index is 13.6. The van der Waals surface area contributed by atoms with Crippen molar-refractivity contribution in [3.05, 3.63) is 47.8 Å². The summed E-state index contributed by atoms with van der Waals surface area (Å²) in [7, 11) is 3.02. The van der Waals surface area contributed by atoms with Crippen LogP contribution >= 0.6 is 0 Å². The molecule has 2 saturated heterocycles. The van der Waals surface area contributed by atoms with E-state index in [0.717, 1.165) is 37.8 Å². The maximum Gasteiger partial charge on any atom is 0.259 e. The summed E-state index contributed by atoms with van der Waals surface area (Å²) in [5.41, 5.74) is 1.55. The molecule has 4 rings (SSSR count). The van der Waals surface area contributed by atoms with Crippen molar-refractivity contribution in [1.29, 1.82) is 0 Å². The highest BCUT2D eigenvalue weighted by atomic mass is 16.5. The van der Waals surface area contributed by atoms with E-state index in [-0.39, 0.29) is 29.7 Å². The van der Waals surface area contributed by atoms with Gasteiger partial charge < -0.3 is 19.7 Å². The molecular weight excluding hydrogens is 446 g/mol. The number of carbonyl (C=O) groups is 2. The number of aromatic nitrogens is 2. The third-order valence-corrected chi connectivity index (χ3v) is 6.95. The van der Waals surface area contributed by atoms with Crippen molar-refractivity contribution in [1.82, 2.24) is 25.1 Å². The lowest BCUT2D eigenvalue weighted by Gasteiger charge is -2.43. The number of methoxy groups -OCH3 is 2. The Morgan fingerprint density at radius 2 is 1.86 bits per heavy atom. The summed E-state index contributed by atoms with van der Waals surface area (Å²) in [4.78, 5) is 39.4. The molecule has 0 aliphatic carbocycles. The molecule has 0 unspecified atom stereocenters. The predicted molar refractivity (Wildman–Crippen MR) is 131 cm³/mol. The van der Waals surface area contributed by atoms with Gasteiger partial charge in [0.2, 0.25) is 17.7 Å². The standard InChI is InChI=1S/C26H35N5O4/c1-34-23-8-7-21(25(29-23)35-2)26(33)31-16-11-20-22(18-31)30(17-19-9-13-27-14-10-19)15-6-4-3-5-12-28-24(20)32/h7-10,13-14,20,22H,3-6,11-12,15-18H2,1-2H3,(H,28,32)/t20-,22-/m1/s1. The van der Waals surface area contributed by atoms with E-state index in [1.165, 1.54) is 14.2 Å². The molecule has 2 aliphatic rings. The minimum atomic E-state index is -0.171. The molecule has 2 amide bonds. The first-order valence-electron chi connectivity index (χ1n) is 12.4. The Labute approximate surface area is 206 Å². The summed E-state index contributed by atoms with van der Waals surface area (Å²) in [6, 6.07) is 7.30. The van der Waals surface area contributed by atoms with Crippen LogP contribution in [0.4, 0.5) is 0 Å². The van der Waals surface area contributed by atoms with Crippen LogP contribution in [-0.2, 0) is 11.3 Å². The fourth-order valence-electron chi connectivity index (χ4n) is 5.04. The number of carbonyl (C=O) groups excluding carboxylic acids is 2. The smallest absolute Gasteiger partial charge is 0.259 e. The monoisotopic (exact) mass is 481 g/mol. The third kappa shape index (κ3) is 6.08. The van der Waals surface area contributed by atoms with E-state index in [2.05, 4.69) is 20.2 Å². The maximum atomic E-state index is 13.6. The van der Waals surface area contributed by atoms with Gasteiger partial charge in [0.05, 0.1) is 20.1 Å². The Bertz CT molecular complexity index is 1000. The van der Waals surface area contributed by atoms with Crippen molar-refractivity contribution in [3.63, 3.8) is 0 Å². The highest BCUT2D eigenvalue weighted by Crippen LogP contribution is 2.29. The van der Waals surface area contributed by atoms with E-state index in [4.69, 9.17) is 9.47 Å². The van der Waals surface area contributed by atoms with Crippen LogP contribution in [-0.4, -0.2) is 78.0 Å². The van der Waals surface area contributed by atoms with E-state index in [0.29, 0.717) is 44.0 Å². The van der Waals surface area contributed by atoms with Crippen molar-refractivity contribution in [3.8, 4) is 11.8 Å². The molecule has 2 aliphatic heterocycles. The van der Waals surface area contributed by atoms with Gasteiger partial charge in [0.1, 0.15) is 5.56 Å². The zero-order valence-corrected chi connectivity index (χ0v) is 20.6. The zero-order valence-electron chi connectivity index (χ0n) is 20.6. The molecule has 9 heteroatoms. The van der Waals surface area contributed by atoms with Crippen LogP contribution in [0.1, 0.15) is 48.0 Å². The molecule has 0 bridgehead atoms. The summed E-state index contributed by atoms with van der Waals surface area (Å²) >= 11 is 0. The summed E-state index contributed by atoms with van der Waals surface area (Å²) < 4.78 is 10.6. The van der Waals surface area contributed by atoms with Crippen molar-refractivity contribution in [2.75, 3.05) is 40.4 Å². The van der Waals surface area contributed by atoms with Crippen molar-refractivity contribution in [2.24, 2.45) is 5.92 Å². The SMILES string of the molecule is COc1ccc(C(=O)N2CC[C@H]3C(=O)NCCCCCCN(Cc4ccncc4)[C@@H]3C2)c(OC)n1. The molecule has 9 nitrogen and oxygen atoms in total. The number of rotatable bonds is 5. The van der Waals surface area contributed by atoms with E-state index >= 15 is 0 Å². The lowest BCUT2D eigenvalue weighted by atomic mass is 9.88. The Morgan fingerprint density at radius 3 is 2.63 bits per heavy atom. The van der Waals surface area contributed by atoms with Crippen molar-refractivity contribution in [2.45, 2.75) is 44.7 Å². The van der Waals surface area contributed by atoms with E-state index < -0.39 is 0 Å². The Hall–Kier alpha value is -3.20. The van der Waals surface area contributed by atoms with Gasteiger partial charge in [-0.2, -0.15) is 4.98 Å². The number of piperidine rings is 1. The van der Waals surface area contributed by atoms with Gasteiger partial charge in [-0.1, -0.05) is 12.8 Å². The largest absolute Gasteiger partial charge is 0.481 e. The molecule has 35 heavy (non-hydrogen) atoms. The van der Waals surface area contributed by atoms with Gasteiger partial charge in [-0.25, -0.2) is 0 Å². The van der Waals surface area contributed by atoms with Crippen LogP contribution in [0.2, 0.25) is 0 Å². The molecule has 188 valence electrons. The number of hydrogen-bond donors (Lipinski definition) is 1. The lowest BCUT2D eigenvalue weighted by molar-refractivity contribution is -0.129. The average Bonchev–Trinajstić information content (AvgIpc) is 2.93. The molecule has 0 spiro atoms. The summed E-state index contributed by atoms with van der Waals surface area (Å²) in [5, 5.41) is 3.15. The molecule has 2 fully saturated rings. The average molecular weight is 482 g/mol. The summed E-state index contributed by atoms with van der Waals surface area (Å²) in [6.45, 7) is 3.28. The molecular formula is C26H35N5O4. The fourth-order valence-corrected chi connectivity index (χ4v) is 5.04. The number of amides is 2. The first kappa shape index (κ1) is 24.9. The first-order valence-corrected chi connectivity index (χ1v) is 12.4. The van der Waals surface area contributed by atoms with Crippen LogP contribution < -0.4 is 14.8 Å². The second-order valence-corrected chi connectivity index (χ2v) is 9.16. The van der Waals surface area contributed by atoms with Crippen LogP contribution in [0.15, 0.2) is 36.7 Å². The van der Waals surface area contributed by atoms with Crippen molar-refractivity contribution < 1.29 is 19.1 Å². The summed E-state index contributed by atoms with van der Waals surface area (Å²) in [6.07, 6.45) is 8.50. The molecule has 2 atom stereocenters. The minimum Gasteiger partial charge on any atom is -0.481 e. The van der Waals surface area contributed by atoms with Gasteiger partial charge >= 0.3 is 0 Å². The van der Waals surface area contributed by atoms with Crippen molar-refractivity contribution >= 4 is 11.8 Å². The second-order valence-electron chi connectivity index (χ2n) is 9.16. The first-order chi connectivity index (χ1) is 17.1. The predicted octanol–water partition coefficient (Wildman–Crippen LogP) is 2.52. The number of nitrogens with one attached hydrogen (secondary N) is 1.